The van der Waals surface area contributed by atoms with Crippen LogP contribution in [0.1, 0.15) is 26.6 Å². The molecule has 9 heteroatoms. The Kier molecular flexibility index (Phi) is 5.46. The summed E-state index contributed by atoms with van der Waals surface area (Å²) >= 11 is 1.36. The average molecular weight is 425 g/mol. The molecule has 1 N–H and O–H groups in total. The molecule has 3 heterocycles. The fraction of sp³-hybridized carbons (Fsp3) is 0.381. The molecule has 8 nitrogen and oxygen atoms in total. The molecule has 2 amide bonds. The van der Waals surface area contributed by atoms with Crippen LogP contribution in [0.4, 0.5) is 0 Å². The minimum Gasteiger partial charge on any atom is -0.352 e. The molecule has 1 aromatic carbocycles. The number of carbonyl (C=O) groups is 2. The Balaban J connectivity index is 1.62. The summed E-state index contributed by atoms with van der Waals surface area (Å²) in [6.07, 6.45) is 2.42. The van der Waals surface area contributed by atoms with Gasteiger partial charge in [0.05, 0.1) is 23.0 Å². The Morgan fingerprint density at radius 1 is 1.23 bits per heavy atom. The van der Waals surface area contributed by atoms with E-state index >= 15 is 0 Å². The summed E-state index contributed by atoms with van der Waals surface area (Å²) < 4.78 is 1.79. The van der Waals surface area contributed by atoms with Crippen molar-refractivity contribution in [3.05, 3.63) is 42.4 Å². The Morgan fingerprint density at radius 3 is 2.73 bits per heavy atom. The largest absolute Gasteiger partial charge is 0.352 e. The first-order chi connectivity index (χ1) is 14.4. The number of aromatic nitrogens is 4. The molecule has 3 aromatic rings. The average Bonchev–Trinajstić information content (AvgIpc) is 3.18. The van der Waals surface area contributed by atoms with Gasteiger partial charge < -0.3 is 10.2 Å². The van der Waals surface area contributed by atoms with Gasteiger partial charge in [-0.2, -0.15) is 5.10 Å². The van der Waals surface area contributed by atoms with Gasteiger partial charge in [0.25, 0.3) is 0 Å². The van der Waals surface area contributed by atoms with Crippen molar-refractivity contribution in [3.8, 4) is 5.69 Å². The van der Waals surface area contributed by atoms with Crippen molar-refractivity contribution >= 4 is 34.6 Å². The van der Waals surface area contributed by atoms with Crippen LogP contribution < -0.4 is 5.32 Å². The van der Waals surface area contributed by atoms with Crippen molar-refractivity contribution in [1.82, 2.24) is 30.0 Å². The molecule has 0 atom stereocenters. The number of piperazine rings is 1. The Hall–Kier alpha value is -2.94. The van der Waals surface area contributed by atoms with Gasteiger partial charge in [0.15, 0.2) is 5.65 Å². The number of amides is 2. The summed E-state index contributed by atoms with van der Waals surface area (Å²) in [6.45, 7) is 6.51. The van der Waals surface area contributed by atoms with Crippen molar-refractivity contribution in [2.24, 2.45) is 0 Å². The lowest BCUT2D eigenvalue weighted by molar-refractivity contribution is -0.147. The zero-order chi connectivity index (χ0) is 21.3. The minimum atomic E-state index is -0.857. The molecule has 1 fully saturated rings. The minimum absolute atomic E-state index is 0.0832. The SMILES string of the molecule is CCc1nc(SCC(=O)N2CCNC(=O)C2(C)C)c2cnn(-c3ccccc3)c2n1. The van der Waals surface area contributed by atoms with Crippen LogP contribution in [0.25, 0.3) is 16.7 Å². The van der Waals surface area contributed by atoms with Crippen molar-refractivity contribution in [1.29, 1.82) is 0 Å². The fourth-order valence-electron chi connectivity index (χ4n) is 3.50. The fourth-order valence-corrected chi connectivity index (χ4v) is 4.38. The second kappa shape index (κ2) is 8.06. The maximum absolute atomic E-state index is 12.9. The maximum atomic E-state index is 12.9. The number of rotatable bonds is 5. The predicted octanol–water partition coefficient (Wildman–Crippen LogP) is 2.21. The Labute approximate surface area is 179 Å². The first-order valence-corrected chi connectivity index (χ1v) is 10.9. The van der Waals surface area contributed by atoms with Crippen LogP contribution in [0.5, 0.6) is 0 Å². The molecule has 0 saturated carbocycles. The zero-order valence-corrected chi connectivity index (χ0v) is 18.1. The highest BCUT2D eigenvalue weighted by Gasteiger charge is 2.40. The van der Waals surface area contributed by atoms with Gasteiger partial charge in [0.2, 0.25) is 11.8 Å². The van der Waals surface area contributed by atoms with E-state index in [1.165, 1.54) is 11.8 Å². The van der Waals surface area contributed by atoms with E-state index in [-0.39, 0.29) is 17.6 Å². The number of nitrogens with zero attached hydrogens (tertiary/aromatic N) is 5. The van der Waals surface area contributed by atoms with Gasteiger partial charge >= 0.3 is 0 Å². The number of carbonyl (C=O) groups excluding carboxylic acids is 2. The molecule has 0 spiro atoms. The first kappa shape index (κ1) is 20.3. The van der Waals surface area contributed by atoms with Crippen LogP contribution in [-0.4, -0.2) is 60.8 Å². The number of fused-ring (bicyclic) bond motifs is 1. The van der Waals surface area contributed by atoms with E-state index in [0.717, 1.165) is 21.7 Å². The summed E-state index contributed by atoms with van der Waals surface area (Å²) in [7, 11) is 0. The number of aryl methyl sites for hydroxylation is 1. The van der Waals surface area contributed by atoms with Gasteiger partial charge in [0, 0.05) is 19.5 Å². The molecule has 2 aromatic heterocycles. The van der Waals surface area contributed by atoms with E-state index in [2.05, 4.69) is 20.4 Å². The molecule has 0 bridgehead atoms. The van der Waals surface area contributed by atoms with E-state index < -0.39 is 5.54 Å². The lowest BCUT2D eigenvalue weighted by Gasteiger charge is -2.41. The van der Waals surface area contributed by atoms with Gasteiger partial charge in [0.1, 0.15) is 16.4 Å². The standard InChI is InChI=1S/C21H24N6O2S/c1-4-16-24-18-15(12-23-27(18)14-8-6-5-7-9-14)19(25-16)30-13-17(28)26-11-10-22-20(29)21(26,2)3/h5-9,12H,4,10-11,13H2,1-3H3,(H,22,29). The molecule has 1 aliphatic rings. The van der Waals surface area contributed by atoms with Crippen LogP contribution in [0.15, 0.2) is 41.6 Å². The van der Waals surface area contributed by atoms with Crippen molar-refractivity contribution in [2.45, 2.75) is 37.8 Å². The molecule has 0 unspecified atom stereocenters. The monoisotopic (exact) mass is 424 g/mol. The molecule has 1 saturated heterocycles. The van der Waals surface area contributed by atoms with Crippen LogP contribution in [-0.2, 0) is 16.0 Å². The zero-order valence-electron chi connectivity index (χ0n) is 17.3. The Bertz CT molecular complexity index is 1100. The number of hydrogen-bond acceptors (Lipinski definition) is 6. The summed E-state index contributed by atoms with van der Waals surface area (Å²) in [5.41, 5.74) is 0.783. The third-order valence-electron chi connectivity index (χ3n) is 5.24. The molecular formula is C21H24N6O2S. The van der Waals surface area contributed by atoms with Crippen molar-refractivity contribution < 1.29 is 9.59 Å². The normalized spacial score (nSPS) is 16.0. The van der Waals surface area contributed by atoms with Gasteiger partial charge in [-0.3, -0.25) is 9.59 Å². The summed E-state index contributed by atoms with van der Waals surface area (Å²) in [4.78, 5) is 36.0. The highest BCUT2D eigenvalue weighted by atomic mass is 32.2. The topological polar surface area (TPSA) is 93.0 Å². The number of benzene rings is 1. The Morgan fingerprint density at radius 2 is 2.00 bits per heavy atom. The smallest absolute Gasteiger partial charge is 0.245 e. The maximum Gasteiger partial charge on any atom is 0.245 e. The molecule has 1 aliphatic heterocycles. The molecule has 0 radical (unpaired) electrons. The molecule has 0 aliphatic carbocycles. The van der Waals surface area contributed by atoms with Crippen LogP contribution in [0.2, 0.25) is 0 Å². The third kappa shape index (κ3) is 3.65. The van der Waals surface area contributed by atoms with E-state index in [1.54, 1.807) is 29.6 Å². The summed E-state index contributed by atoms with van der Waals surface area (Å²) in [5.74, 6) is 0.685. The second-order valence-corrected chi connectivity index (χ2v) is 8.54. The molecule has 4 rings (SSSR count). The van der Waals surface area contributed by atoms with E-state index in [1.807, 2.05) is 37.3 Å². The van der Waals surface area contributed by atoms with Crippen molar-refractivity contribution in [2.75, 3.05) is 18.8 Å². The van der Waals surface area contributed by atoms with Crippen LogP contribution in [0.3, 0.4) is 0 Å². The third-order valence-corrected chi connectivity index (χ3v) is 6.22. The van der Waals surface area contributed by atoms with Crippen LogP contribution in [0, 0.1) is 0 Å². The summed E-state index contributed by atoms with van der Waals surface area (Å²) in [5, 5.41) is 8.86. The molecular weight excluding hydrogens is 400 g/mol. The number of thioether (sulfide) groups is 1. The van der Waals surface area contributed by atoms with Gasteiger partial charge in [-0.05, 0) is 26.0 Å². The second-order valence-electron chi connectivity index (χ2n) is 7.58. The lowest BCUT2D eigenvalue weighted by atomic mass is 9.99. The first-order valence-electron chi connectivity index (χ1n) is 9.93. The summed E-state index contributed by atoms with van der Waals surface area (Å²) in [6, 6.07) is 9.81. The lowest BCUT2D eigenvalue weighted by Crippen LogP contribution is -2.63. The predicted molar refractivity (Wildman–Crippen MR) is 116 cm³/mol. The highest BCUT2D eigenvalue weighted by molar-refractivity contribution is 8.00. The highest BCUT2D eigenvalue weighted by Crippen LogP contribution is 2.28. The van der Waals surface area contributed by atoms with Gasteiger partial charge in [-0.15, -0.1) is 0 Å². The van der Waals surface area contributed by atoms with E-state index in [4.69, 9.17) is 0 Å². The molecule has 156 valence electrons. The van der Waals surface area contributed by atoms with Crippen molar-refractivity contribution in [3.63, 3.8) is 0 Å². The number of nitrogens with one attached hydrogen (secondary N) is 1. The number of para-hydroxylation sites is 1. The molecule has 30 heavy (non-hydrogen) atoms. The van der Waals surface area contributed by atoms with E-state index in [0.29, 0.717) is 25.3 Å². The van der Waals surface area contributed by atoms with E-state index in [9.17, 15) is 9.59 Å². The quantitative estimate of drug-likeness (QED) is 0.499. The van der Waals surface area contributed by atoms with Gasteiger partial charge in [-0.25, -0.2) is 14.6 Å². The van der Waals surface area contributed by atoms with Gasteiger partial charge in [-0.1, -0.05) is 36.9 Å². The van der Waals surface area contributed by atoms with Crippen LogP contribution >= 0.6 is 11.8 Å². The number of hydrogen-bond donors (Lipinski definition) is 1.